The molecule has 8 heteroatoms. The number of piperidine rings is 1. The molecule has 164 valence electrons. The number of hydrogen-bond acceptors (Lipinski definition) is 3. The van der Waals surface area contributed by atoms with Crippen molar-refractivity contribution in [1.82, 2.24) is 9.80 Å². The summed E-state index contributed by atoms with van der Waals surface area (Å²) in [4.78, 5) is 28.5. The van der Waals surface area contributed by atoms with E-state index in [0.29, 0.717) is 18.9 Å². The van der Waals surface area contributed by atoms with Gasteiger partial charge in [0, 0.05) is 37.2 Å². The third-order valence-electron chi connectivity index (χ3n) is 6.88. The van der Waals surface area contributed by atoms with Crippen LogP contribution in [0.25, 0.3) is 0 Å². The van der Waals surface area contributed by atoms with Gasteiger partial charge in [-0.2, -0.15) is 0 Å². The number of halogens is 3. The van der Waals surface area contributed by atoms with Crippen LogP contribution in [0.4, 0.5) is 13.2 Å². The molecular formula is C22H28F3N3O2. The van der Waals surface area contributed by atoms with E-state index in [-0.39, 0.29) is 54.3 Å². The van der Waals surface area contributed by atoms with Crippen LogP contribution in [0.5, 0.6) is 0 Å². The highest BCUT2D eigenvalue weighted by Gasteiger charge is 2.45. The van der Waals surface area contributed by atoms with Gasteiger partial charge in [0.05, 0.1) is 6.54 Å². The van der Waals surface area contributed by atoms with Crippen molar-refractivity contribution in [3.05, 3.63) is 35.1 Å². The van der Waals surface area contributed by atoms with Crippen LogP contribution in [0.15, 0.2) is 12.1 Å². The number of fused-ring (bicyclic) bond motifs is 2. The fourth-order valence-electron chi connectivity index (χ4n) is 5.12. The van der Waals surface area contributed by atoms with Gasteiger partial charge in [0.2, 0.25) is 11.8 Å². The minimum Gasteiger partial charge on any atom is -0.336 e. The Morgan fingerprint density at radius 3 is 2.27 bits per heavy atom. The number of amides is 2. The van der Waals surface area contributed by atoms with Crippen LogP contribution in [-0.4, -0.2) is 53.3 Å². The zero-order valence-electron chi connectivity index (χ0n) is 17.1. The molecule has 5 nitrogen and oxygen atoms in total. The molecule has 0 aromatic heterocycles. The van der Waals surface area contributed by atoms with Crippen LogP contribution in [0, 0.1) is 29.3 Å². The highest BCUT2D eigenvalue weighted by atomic mass is 19.2. The maximum Gasteiger partial charge on any atom is 0.242 e. The van der Waals surface area contributed by atoms with Crippen molar-refractivity contribution < 1.29 is 22.8 Å². The molecule has 2 aliphatic heterocycles. The second-order valence-electron chi connectivity index (χ2n) is 9.11. The Balaban J connectivity index is 1.37. The van der Waals surface area contributed by atoms with Crippen LogP contribution in [0.2, 0.25) is 0 Å². The molecule has 2 amide bonds. The van der Waals surface area contributed by atoms with E-state index in [1.54, 1.807) is 7.05 Å². The molecule has 1 aliphatic carbocycles. The van der Waals surface area contributed by atoms with E-state index >= 15 is 0 Å². The number of nitrogens with zero attached hydrogens (tertiary/aromatic N) is 2. The molecule has 1 saturated carbocycles. The van der Waals surface area contributed by atoms with E-state index < -0.39 is 23.5 Å². The molecular weight excluding hydrogens is 395 g/mol. The number of hydrogen-bond donors (Lipinski definition) is 1. The summed E-state index contributed by atoms with van der Waals surface area (Å²) in [5, 5.41) is 0. The lowest BCUT2D eigenvalue weighted by Gasteiger charge is -2.41. The Bertz CT molecular complexity index is 831. The normalized spacial score (nSPS) is 26.6. The van der Waals surface area contributed by atoms with Crippen molar-refractivity contribution in [2.45, 2.75) is 63.1 Å². The molecule has 1 aromatic rings. The van der Waals surface area contributed by atoms with Gasteiger partial charge < -0.3 is 15.5 Å². The molecule has 3 fully saturated rings. The van der Waals surface area contributed by atoms with E-state index in [9.17, 15) is 22.8 Å². The molecule has 0 spiro atoms. The summed E-state index contributed by atoms with van der Waals surface area (Å²) >= 11 is 0. The van der Waals surface area contributed by atoms with Gasteiger partial charge in [-0.15, -0.1) is 0 Å². The first-order valence-corrected chi connectivity index (χ1v) is 10.7. The second kappa shape index (κ2) is 8.21. The number of likely N-dealkylation sites (N-methyl/N-ethyl adjacent to an activating group) is 1. The first-order valence-electron chi connectivity index (χ1n) is 10.7. The number of carbonyl (C=O) groups excluding carboxylic acids is 2. The molecule has 4 rings (SSSR count). The Labute approximate surface area is 174 Å². The molecule has 0 radical (unpaired) electrons. The predicted octanol–water partition coefficient (Wildman–Crippen LogP) is 2.61. The fraction of sp³-hybridized carbons (Fsp3) is 0.636. The van der Waals surface area contributed by atoms with E-state index in [1.165, 1.54) is 4.90 Å². The zero-order chi connectivity index (χ0) is 21.6. The summed E-state index contributed by atoms with van der Waals surface area (Å²) in [5.41, 5.74) is 6.41. The first-order chi connectivity index (χ1) is 14.2. The molecule has 3 aliphatic rings. The maximum atomic E-state index is 14.0. The minimum atomic E-state index is -1.21. The van der Waals surface area contributed by atoms with Crippen molar-refractivity contribution in [3.63, 3.8) is 0 Å². The smallest absolute Gasteiger partial charge is 0.242 e. The fourth-order valence-corrected chi connectivity index (χ4v) is 5.12. The minimum absolute atomic E-state index is 0.0299. The van der Waals surface area contributed by atoms with Crippen LogP contribution < -0.4 is 5.73 Å². The third kappa shape index (κ3) is 4.19. The predicted molar refractivity (Wildman–Crippen MR) is 105 cm³/mol. The van der Waals surface area contributed by atoms with Gasteiger partial charge >= 0.3 is 0 Å². The highest BCUT2D eigenvalue weighted by Crippen LogP contribution is 2.40. The molecule has 0 unspecified atom stereocenters. The van der Waals surface area contributed by atoms with Crippen molar-refractivity contribution >= 4 is 11.8 Å². The van der Waals surface area contributed by atoms with Crippen LogP contribution in [0.3, 0.4) is 0 Å². The summed E-state index contributed by atoms with van der Waals surface area (Å²) in [7, 11) is 1.68. The number of carbonyl (C=O) groups is 2. The lowest BCUT2D eigenvalue weighted by molar-refractivity contribution is -0.143. The quantitative estimate of drug-likeness (QED) is 0.716. The van der Waals surface area contributed by atoms with Gasteiger partial charge in [0.25, 0.3) is 0 Å². The highest BCUT2D eigenvalue weighted by molar-refractivity contribution is 5.87. The van der Waals surface area contributed by atoms with Gasteiger partial charge in [-0.05, 0) is 62.5 Å². The molecule has 2 N–H and O–H groups in total. The van der Waals surface area contributed by atoms with E-state index in [0.717, 1.165) is 31.7 Å². The van der Waals surface area contributed by atoms with Crippen molar-refractivity contribution in [1.29, 1.82) is 0 Å². The largest absolute Gasteiger partial charge is 0.336 e. The summed E-state index contributed by atoms with van der Waals surface area (Å²) in [5.74, 6) is -2.91. The van der Waals surface area contributed by atoms with Crippen molar-refractivity contribution in [2.24, 2.45) is 17.6 Å². The number of rotatable bonds is 6. The van der Waals surface area contributed by atoms with Crippen LogP contribution in [0.1, 0.15) is 44.1 Å². The molecule has 4 atom stereocenters. The average molecular weight is 423 g/mol. The first kappa shape index (κ1) is 21.2. The monoisotopic (exact) mass is 423 g/mol. The van der Waals surface area contributed by atoms with E-state index in [1.807, 2.05) is 4.90 Å². The Morgan fingerprint density at radius 1 is 1.07 bits per heavy atom. The number of benzene rings is 1. The Morgan fingerprint density at radius 2 is 1.67 bits per heavy atom. The SMILES string of the molecule is CN(CC(=O)N1[C@@H]2CC[C@H]1C[C@H]([C@H](N)Cc1cc(F)c(F)cc1F)C2)C(=O)C1CC1. The van der Waals surface area contributed by atoms with E-state index in [4.69, 9.17) is 5.73 Å². The molecule has 2 saturated heterocycles. The topological polar surface area (TPSA) is 66.6 Å². The zero-order valence-corrected chi connectivity index (χ0v) is 17.1. The summed E-state index contributed by atoms with van der Waals surface area (Å²) < 4.78 is 40.6. The summed E-state index contributed by atoms with van der Waals surface area (Å²) in [6.07, 6.45) is 5.12. The standard InChI is InChI=1S/C22H28F3N3O2/c1-27(22(30)12-2-3-12)11-21(29)28-15-4-5-16(28)7-14(6-15)20(26)9-13-8-18(24)19(25)10-17(13)23/h8,10,12,14-16,20H,2-7,9,11,26H2,1H3/t14-,15-,16+,20-/m1/s1. The molecule has 2 bridgehead atoms. The van der Waals surface area contributed by atoms with Crippen molar-refractivity contribution in [3.8, 4) is 0 Å². The Hall–Kier alpha value is -2.09. The van der Waals surface area contributed by atoms with Crippen LogP contribution >= 0.6 is 0 Å². The molecule has 2 heterocycles. The van der Waals surface area contributed by atoms with Crippen molar-refractivity contribution in [2.75, 3.05) is 13.6 Å². The van der Waals surface area contributed by atoms with Crippen LogP contribution in [-0.2, 0) is 16.0 Å². The lowest BCUT2D eigenvalue weighted by Crippen LogP contribution is -2.53. The van der Waals surface area contributed by atoms with Gasteiger partial charge in [0.1, 0.15) is 5.82 Å². The number of nitrogens with two attached hydrogens (primary N) is 1. The average Bonchev–Trinajstić information content (AvgIpc) is 3.50. The second-order valence-corrected chi connectivity index (χ2v) is 9.11. The molecule has 30 heavy (non-hydrogen) atoms. The maximum absolute atomic E-state index is 14.0. The van der Waals surface area contributed by atoms with E-state index in [2.05, 4.69) is 0 Å². The molecule has 1 aromatic carbocycles. The summed E-state index contributed by atoms with van der Waals surface area (Å²) in [6, 6.07) is 1.16. The van der Waals surface area contributed by atoms with Gasteiger partial charge in [-0.25, -0.2) is 13.2 Å². The Kier molecular flexibility index (Phi) is 5.79. The van der Waals surface area contributed by atoms with Gasteiger partial charge in [0.15, 0.2) is 11.6 Å². The van der Waals surface area contributed by atoms with Gasteiger partial charge in [-0.1, -0.05) is 0 Å². The summed E-state index contributed by atoms with van der Waals surface area (Å²) in [6.45, 7) is 0.0964. The lowest BCUT2D eigenvalue weighted by atomic mass is 9.82. The van der Waals surface area contributed by atoms with Gasteiger partial charge in [-0.3, -0.25) is 9.59 Å². The third-order valence-corrected chi connectivity index (χ3v) is 6.88.